The molecule has 0 aliphatic heterocycles. The van der Waals surface area contributed by atoms with E-state index in [0.717, 1.165) is 5.56 Å². The van der Waals surface area contributed by atoms with Gasteiger partial charge in [-0.25, -0.2) is 0 Å². The minimum Gasteiger partial charge on any atom is -0.481 e. The molecule has 110 valence electrons. The smallest absolute Gasteiger partial charge is 0.265 e. The van der Waals surface area contributed by atoms with Crippen LogP contribution in [0, 0.1) is 6.92 Å². The number of aryl methyl sites for hydroxylation is 1. The van der Waals surface area contributed by atoms with Gasteiger partial charge in [0.15, 0.2) is 6.10 Å². The van der Waals surface area contributed by atoms with Crippen molar-refractivity contribution in [1.82, 2.24) is 0 Å². The molecule has 0 spiro atoms. The summed E-state index contributed by atoms with van der Waals surface area (Å²) >= 11 is 11.9. The predicted octanol–water partition coefficient (Wildman–Crippen LogP) is 4.71. The average Bonchev–Trinajstić information content (AvgIpc) is 2.45. The maximum Gasteiger partial charge on any atom is 0.265 e. The molecular formula is C16H15Cl2NO2. The van der Waals surface area contributed by atoms with E-state index in [-0.39, 0.29) is 5.91 Å². The molecular weight excluding hydrogens is 309 g/mol. The molecule has 1 amide bonds. The van der Waals surface area contributed by atoms with Crippen molar-refractivity contribution in [2.24, 2.45) is 0 Å². The van der Waals surface area contributed by atoms with E-state index >= 15 is 0 Å². The Bertz CT molecular complexity index is 641. The monoisotopic (exact) mass is 323 g/mol. The van der Waals surface area contributed by atoms with Gasteiger partial charge in [-0.05, 0) is 44.2 Å². The lowest BCUT2D eigenvalue weighted by molar-refractivity contribution is -0.122. The fraction of sp³-hybridized carbons (Fsp3) is 0.188. The van der Waals surface area contributed by atoms with E-state index in [0.29, 0.717) is 21.5 Å². The van der Waals surface area contributed by atoms with Gasteiger partial charge < -0.3 is 10.1 Å². The second-order valence-electron chi connectivity index (χ2n) is 4.69. The lowest BCUT2D eigenvalue weighted by Crippen LogP contribution is -2.30. The molecule has 0 heterocycles. The van der Waals surface area contributed by atoms with Crippen molar-refractivity contribution in [3.63, 3.8) is 0 Å². The Morgan fingerprint density at radius 2 is 1.81 bits per heavy atom. The highest BCUT2D eigenvalue weighted by molar-refractivity contribution is 6.35. The second kappa shape index (κ2) is 6.83. The third-order valence-electron chi connectivity index (χ3n) is 2.89. The molecule has 1 N–H and O–H groups in total. The molecule has 2 aromatic carbocycles. The SMILES string of the molecule is Cc1ccc(OC(C)C(=O)Nc2cc(Cl)ccc2Cl)cc1. The number of rotatable bonds is 4. The molecule has 0 aliphatic carbocycles. The number of benzene rings is 2. The van der Waals surface area contributed by atoms with Crippen molar-refractivity contribution in [3.8, 4) is 5.75 Å². The summed E-state index contributed by atoms with van der Waals surface area (Å²) in [5, 5.41) is 3.63. The van der Waals surface area contributed by atoms with Gasteiger partial charge in [0.2, 0.25) is 0 Å². The number of carbonyl (C=O) groups is 1. The van der Waals surface area contributed by atoms with Crippen molar-refractivity contribution < 1.29 is 9.53 Å². The Labute approximate surface area is 133 Å². The van der Waals surface area contributed by atoms with Crippen molar-refractivity contribution in [2.45, 2.75) is 20.0 Å². The molecule has 1 unspecified atom stereocenters. The Balaban J connectivity index is 2.02. The lowest BCUT2D eigenvalue weighted by atomic mass is 10.2. The number of nitrogens with one attached hydrogen (secondary N) is 1. The number of hydrogen-bond donors (Lipinski definition) is 1. The molecule has 0 fully saturated rings. The Morgan fingerprint density at radius 3 is 2.48 bits per heavy atom. The first-order valence-corrected chi connectivity index (χ1v) is 7.20. The zero-order valence-corrected chi connectivity index (χ0v) is 13.2. The minimum atomic E-state index is -0.650. The summed E-state index contributed by atoms with van der Waals surface area (Å²) in [6, 6.07) is 12.4. The van der Waals surface area contributed by atoms with E-state index in [1.165, 1.54) is 0 Å². The summed E-state index contributed by atoms with van der Waals surface area (Å²) in [6.45, 7) is 3.66. The van der Waals surface area contributed by atoms with E-state index in [9.17, 15) is 4.79 Å². The number of ether oxygens (including phenoxy) is 1. The quantitative estimate of drug-likeness (QED) is 0.885. The molecule has 2 aromatic rings. The standard InChI is InChI=1S/C16H15Cl2NO2/c1-10-3-6-13(7-4-10)21-11(2)16(20)19-15-9-12(17)5-8-14(15)18/h3-9,11H,1-2H3,(H,19,20). The Hall–Kier alpha value is -1.71. The first kappa shape index (κ1) is 15.7. The van der Waals surface area contributed by atoms with Crippen LogP contribution in [0.5, 0.6) is 5.75 Å². The van der Waals surface area contributed by atoms with Crippen LogP contribution in [0.3, 0.4) is 0 Å². The molecule has 1 atom stereocenters. The largest absolute Gasteiger partial charge is 0.481 e. The van der Waals surface area contributed by atoms with Crippen LogP contribution in [-0.2, 0) is 4.79 Å². The van der Waals surface area contributed by atoms with Crippen molar-refractivity contribution >= 4 is 34.8 Å². The Kier molecular flexibility index (Phi) is 5.10. The van der Waals surface area contributed by atoms with E-state index in [1.54, 1.807) is 25.1 Å². The topological polar surface area (TPSA) is 38.3 Å². The van der Waals surface area contributed by atoms with Crippen molar-refractivity contribution in [1.29, 1.82) is 0 Å². The van der Waals surface area contributed by atoms with Gasteiger partial charge in [-0.3, -0.25) is 4.79 Å². The van der Waals surface area contributed by atoms with E-state index in [2.05, 4.69) is 5.32 Å². The highest BCUT2D eigenvalue weighted by Crippen LogP contribution is 2.25. The van der Waals surface area contributed by atoms with Gasteiger partial charge >= 0.3 is 0 Å². The summed E-state index contributed by atoms with van der Waals surface area (Å²) < 4.78 is 5.59. The summed E-state index contributed by atoms with van der Waals surface area (Å²) in [5.41, 5.74) is 1.60. The summed E-state index contributed by atoms with van der Waals surface area (Å²) in [7, 11) is 0. The number of hydrogen-bond acceptors (Lipinski definition) is 2. The summed E-state index contributed by atoms with van der Waals surface area (Å²) in [5.74, 6) is 0.347. The van der Waals surface area contributed by atoms with E-state index in [4.69, 9.17) is 27.9 Å². The second-order valence-corrected chi connectivity index (χ2v) is 5.53. The van der Waals surface area contributed by atoms with Crippen LogP contribution < -0.4 is 10.1 Å². The fourth-order valence-electron chi connectivity index (χ4n) is 1.70. The van der Waals surface area contributed by atoms with Gasteiger partial charge in [0.25, 0.3) is 5.91 Å². The molecule has 2 rings (SSSR count). The zero-order valence-electron chi connectivity index (χ0n) is 11.7. The van der Waals surface area contributed by atoms with Crippen LogP contribution in [0.2, 0.25) is 10.0 Å². The van der Waals surface area contributed by atoms with E-state index in [1.807, 2.05) is 31.2 Å². The molecule has 0 bridgehead atoms. The first-order chi connectivity index (χ1) is 9.95. The Morgan fingerprint density at radius 1 is 1.14 bits per heavy atom. The third kappa shape index (κ3) is 4.38. The maximum atomic E-state index is 12.1. The number of anilines is 1. The van der Waals surface area contributed by atoms with Crippen LogP contribution in [0.15, 0.2) is 42.5 Å². The van der Waals surface area contributed by atoms with Crippen LogP contribution in [0.25, 0.3) is 0 Å². The van der Waals surface area contributed by atoms with Crippen LogP contribution >= 0.6 is 23.2 Å². The zero-order chi connectivity index (χ0) is 15.4. The third-order valence-corrected chi connectivity index (χ3v) is 3.45. The molecule has 3 nitrogen and oxygen atoms in total. The average molecular weight is 324 g/mol. The van der Waals surface area contributed by atoms with Crippen molar-refractivity contribution in [3.05, 3.63) is 58.1 Å². The molecule has 5 heteroatoms. The number of amides is 1. The van der Waals surface area contributed by atoms with Crippen LogP contribution in [0.1, 0.15) is 12.5 Å². The van der Waals surface area contributed by atoms with Crippen LogP contribution in [-0.4, -0.2) is 12.0 Å². The van der Waals surface area contributed by atoms with Gasteiger partial charge in [-0.1, -0.05) is 40.9 Å². The molecule has 0 saturated heterocycles. The molecule has 0 aliphatic rings. The molecule has 0 saturated carbocycles. The number of carbonyl (C=O) groups excluding carboxylic acids is 1. The predicted molar refractivity (Wildman–Crippen MR) is 86.4 cm³/mol. The van der Waals surface area contributed by atoms with Crippen molar-refractivity contribution in [2.75, 3.05) is 5.32 Å². The van der Waals surface area contributed by atoms with Gasteiger partial charge in [0, 0.05) is 5.02 Å². The highest BCUT2D eigenvalue weighted by Gasteiger charge is 2.16. The first-order valence-electron chi connectivity index (χ1n) is 6.45. The molecule has 0 aromatic heterocycles. The van der Waals surface area contributed by atoms with Gasteiger partial charge in [-0.2, -0.15) is 0 Å². The minimum absolute atomic E-state index is 0.292. The normalized spacial score (nSPS) is 11.8. The maximum absolute atomic E-state index is 12.1. The van der Waals surface area contributed by atoms with Gasteiger partial charge in [0.05, 0.1) is 10.7 Å². The molecule has 0 radical (unpaired) electrons. The fourth-order valence-corrected chi connectivity index (χ4v) is 2.04. The van der Waals surface area contributed by atoms with Gasteiger partial charge in [0.1, 0.15) is 5.75 Å². The van der Waals surface area contributed by atoms with Crippen LogP contribution in [0.4, 0.5) is 5.69 Å². The van der Waals surface area contributed by atoms with Gasteiger partial charge in [-0.15, -0.1) is 0 Å². The summed E-state index contributed by atoms with van der Waals surface area (Å²) in [6.07, 6.45) is -0.650. The van der Waals surface area contributed by atoms with E-state index < -0.39 is 6.10 Å². The summed E-state index contributed by atoms with van der Waals surface area (Å²) in [4.78, 5) is 12.1. The lowest BCUT2D eigenvalue weighted by Gasteiger charge is -2.15. The number of halogens is 2. The highest BCUT2D eigenvalue weighted by atomic mass is 35.5. The molecule has 21 heavy (non-hydrogen) atoms.